The summed E-state index contributed by atoms with van der Waals surface area (Å²) in [6.07, 6.45) is 0. The molecule has 6 rings (SSSR count). The monoisotopic (exact) mass is 461 g/mol. The molecule has 2 heterocycles. The molecular weight excluding hydrogens is 438 g/mol. The van der Waals surface area contributed by atoms with E-state index >= 15 is 0 Å². The van der Waals surface area contributed by atoms with E-state index in [1.165, 1.54) is 0 Å². The van der Waals surface area contributed by atoms with E-state index < -0.39 is 0 Å². The van der Waals surface area contributed by atoms with E-state index in [0.29, 0.717) is 24.7 Å². The van der Waals surface area contributed by atoms with Crippen LogP contribution in [0.15, 0.2) is 103 Å². The summed E-state index contributed by atoms with van der Waals surface area (Å²) >= 11 is 0. The van der Waals surface area contributed by atoms with E-state index in [9.17, 15) is 0 Å². The Morgan fingerprint density at radius 3 is 2.09 bits per heavy atom. The quantitative estimate of drug-likeness (QED) is 0.267. The zero-order chi connectivity index (χ0) is 23.5. The summed E-state index contributed by atoms with van der Waals surface area (Å²) in [6, 6.07) is 34.0. The van der Waals surface area contributed by atoms with Gasteiger partial charge in [0, 0.05) is 23.1 Å². The van der Waals surface area contributed by atoms with Crippen LogP contribution in [0.4, 0.5) is 0 Å². The first-order valence-corrected chi connectivity index (χ1v) is 11.5. The average Bonchev–Trinajstić information content (AvgIpc) is 3.37. The lowest BCUT2D eigenvalue weighted by Gasteiger charge is -2.15. The van der Waals surface area contributed by atoms with Crippen LogP contribution in [0.2, 0.25) is 0 Å². The highest BCUT2D eigenvalue weighted by Crippen LogP contribution is 2.38. The van der Waals surface area contributed by atoms with Crippen LogP contribution in [0.5, 0.6) is 23.0 Å². The van der Waals surface area contributed by atoms with Crippen LogP contribution in [-0.2, 0) is 13.2 Å². The molecule has 0 unspecified atom stereocenters. The molecule has 5 aromatic rings. The van der Waals surface area contributed by atoms with E-state index in [2.05, 4.69) is 0 Å². The average molecular weight is 462 g/mol. The molecule has 172 valence electrons. The Labute approximate surface area is 203 Å². The Morgan fingerprint density at radius 2 is 1.34 bits per heavy atom. The van der Waals surface area contributed by atoms with E-state index in [0.717, 1.165) is 44.8 Å². The van der Waals surface area contributed by atoms with Crippen molar-refractivity contribution >= 4 is 10.9 Å². The fourth-order valence-electron chi connectivity index (χ4n) is 4.06. The van der Waals surface area contributed by atoms with Gasteiger partial charge in [-0.3, -0.25) is 0 Å². The third kappa shape index (κ3) is 4.62. The van der Waals surface area contributed by atoms with Gasteiger partial charge in [0.25, 0.3) is 0 Å². The molecule has 0 N–H and O–H groups in total. The number of fused-ring (bicyclic) bond motifs is 2. The van der Waals surface area contributed by atoms with Gasteiger partial charge in [0.2, 0.25) is 6.79 Å². The standard InChI is InChI=1S/C30H23NO4/c1-3-7-21(8-4-1)18-32-24-12-13-25(28(16-24)33-19-22-9-5-2-6-10-22)26-14-11-23-15-29-30(35-20-34-29)17-27(23)31-26/h1-17H,18-20H2. The highest BCUT2D eigenvalue weighted by molar-refractivity contribution is 5.86. The maximum atomic E-state index is 6.29. The van der Waals surface area contributed by atoms with Crippen molar-refractivity contribution in [2.75, 3.05) is 6.79 Å². The summed E-state index contributed by atoms with van der Waals surface area (Å²) in [5, 5.41) is 0.993. The highest BCUT2D eigenvalue weighted by Gasteiger charge is 2.16. The summed E-state index contributed by atoms with van der Waals surface area (Å²) in [5.74, 6) is 2.92. The number of pyridine rings is 1. The molecule has 0 saturated carbocycles. The van der Waals surface area contributed by atoms with Crippen LogP contribution in [0, 0.1) is 0 Å². The molecule has 0 radical (unpaired) electrons. The Bertz CT molecular complexity index is 1470. The Balaban J connectivity index is 1.33. The minimum Gasteiger partial charge on any atom is -0.489 e. The van der Waals surface area contributed by atoms with Gasteiger partial charge in [0.05, 0.1) is 11.2 Å². The molecule has 0 fully saturated rings. The van der Waals surface area contributed by atoms with E-state index in [-0.39, 0.29) is 6.79 Å². The molecule has 0 aliphatic carbocycles. The van der Waals surface area contributed by atoms with Crippen LogP contribution >= 0.6 is 0 Å². The van der Waals surface area contributed by atoms with Crippen molar-refractivity contribution in [1.82, 2.24) is 4.98 Å². The van der Waals surface area contributed by atoms with Gasteiger partial charge >= 0.3 is 0 Å². The largest absolute Gasteiger partial charge is 0.489 e. The summed E-state index contributed by atoms with van der Waals surface area (Å²) in [5.41, 5.74) is 4.75. The Hall–Kier alpha value is -4.51. The fourth-order valence-corrected chi connectivity index (χ4v) is 4.06. The van der Waals surface area contributed by atoms with Crippen molar-refractivity contribution in [1.29, 1.82) is 0 Å². The van der Waals surface area contributed by atoms with E-state index in [4.69, 9.17) is 23.9 Å². The summed E-state index contributed by atoms with van der Waals surface area (Å²) in [4.78, 5) is 4.91. The third-order valence-electron chi connectivity index (χ3n) is 5.90. The first-order chi connectivity index (χ1) is 17.3. The van der Waals surface area contributed by atoms with E-state index in [1.807, 2.05) is 103 Å². The van der Waals surface area contributed by atoms with Crippen molar-refractivity contribution < 1.29 is 18.9 Å². The normalized spacial score (nSPS) is 12.0. The second kappa shape index (κ2) is 9.39. The number of hydrogen-bond donors (Lipinski definition) is 0. The molecule has 0 amide bonds. The number of hydrogen-bond acceptors (Lipinski definition) is 5. The van der Waals surface area contributed by atoms with Crippen LogP contribution in [-0.4, -0.2) is 11.8 Å². The SMILES string of the molecule is c1ccc(COc2ccc(-c3ccc4cc5c(cc4n3)OCO5)c(OCc3ccccc3)c2)cc1. The van der Waals surface area contributed by atoms with Crippen molar-refractivity contribution in [2.24, 2.45) is 0 Å². The molecule has 0 spiro atoms. The van der Waals surface area contributed by atoms with Gasteiger partial charge in [-0.15, -0.1) is 0 Å². The number of nitrogens with zero attached hydrogens (tertiary/aromatic N) is 1. The van der Waals surface area contributed by atoms with Gasteiger partial charge in [-0.05, 0) is 35.4 Å². The second-order valence-corrected chi connectivity index (χ2v) is 8.30. The number of aromatic nitrogens is 1. The summed E-state index contributed by atoms with van der Waals surface area (Å²) < 4.78 is 23.4. The van der Waals surface area contributed by atoms with Gasteiger partial charge in [-0.2, -0.15) is 0 Å². The van der Waals surface area contributed by atoms with Gasteiger partial charge < -0.3 is 18.9 Å². The Kier molecular flexibility index (Phi) is 5.65. The van der Waals surface area contributed by atoms with Crippen LogP contribution in [0.25, 0.3) is 22.2 Å². The van der Waals surface area contributed by atoms with Gasteiger partial charge in [0.1, 0.15) is 24.7 Å². The molecule has 4 aromatic carbocycles. The fraction of sp³-hybridized carbons (Fsp3) is 0.100. The van der Waals surface area contributed by atoms with Crippen molar-refractivity contribution in [3.8, 4) is 34.3 Å². The lowest BCUT2D eigenvalue weighted by molar-refractivity contribution is 0.174. The van der Waals surface area contributed by atoms with Gasteiger partial charge in [-0.25, -0.2) is 4.98 Å². The van der Waals surface area contributed by atoms with Crippen molar-refractivity contribution in [3.05, 3.63) is 114 Å². The zero-order valence-electron chi connectivity index (χ0n) is 19.0. The lowest BCUT2D eigenvalue weighted by atomic mass is 10.1. The molecule has 1 aliphatic heterocycles. The second-order valence-electron chi connectivity index (χ2n) is 8.30. The maximum Gasteiger partial charge on any atom is 0.231 e. The first kappa shape index (κ1) is 21.1. The van der Waals surface area contributed by atoms with E-state index in [1.54, 1.807) is 0 Å². The minimum absolute atomic E-state index is 0.237. The summed E-state index contributed by atoms with van der Waals surface area (Å²) in [7, 11) is 0. The molecular formula is C30H23NO4. The molecule has 5 nitrogen and oxygen atoms in total. The number of benzene rings is 4. The predicted octanol–water partition coefficient (Wildman–Crippen LogP) is 6.79. The van der Waals surface area contributed by atoms with Crippen LogP contribution in [0.3, 0.4) is 0 Å². The molecule has 0 bridgehead atoms. The highest BCUT2D eigenvalue weighted by atomic mass is 16.7. The molecule has 1 aromatic heterocycles. The molecule has 0 saturated heterocycles. The van der Waals surface area contributed by atoms with Gasteiger partial charge in [-0.1, -0.05) is 66.7 Å². The van der Waals surface area contributed by atoms with Crippen molar-refractivity contribution in [2.45, 2.75) is 13.2 Å². The Morgan fingerprint density at radius 1 is 0.657 bits per heavy atom. The molecule has 0 atom stereocenters. The van der Waals surface area contributed by atoms with Gasteiger partial charge in [0.15, 0.2) is 11.5 Å². The predicted molar refractivity (Wildman–Crippen MR) is 135 cm³/mol. The topological polar surface area (TPSA) is 49.8 Å². The van der Waals surface area contributed by atoms with Crippen LogP contribution in [0.1, 0.15) is 11.1 Å². The minimum atomic E-state index is 0.237. The zero-order valence-corrected chi connectivity index (χ0v) is 19.0. The molecule has 1 aliphatic rings. The maximum absolute atomic E-state index is 6.29. The summed E-state index contributed by atoms with van der Waals surface area (Å²) in [6.45, 7) is 1.17. The van der Waals surface area contributed by atoms with Crippen LogP contribution < -0.4 is 18.9 Å². The molecule has 5 heteroatoms. The number of rotatable bonds is 7. The smallest absolute Gasteiger partial charge is 0.231 e. The first-order valence-electron chi connectivity index (χ1n) is 11.5. The third-order valence-corrected chi connectivity index (χ3v) is 5.90. The lowest BCUT2D eigenvalue weighted by Crippen LogP contribution is -2.00. The number of ether oxygens (including phenoxy) is 4. The van der Waals surface area contributed by atoms with Crippen molar-refractivity contribution in [3.63, 3.8) is 0 Å². The molecule has 35 heavy (non-hydrogen) atoms.